The van der Waals surface area contributed by atoms with Gasteiger partial charge in [0.25, 0.3) is 0 Å². The zero-order valence-electron chi connectivity index (χ0n) is 12.1. The summed E-state index contributed by atoms with van der Waals surface area (Å²) in [6.07, 6.45) is 3.33. The van der Waals surface area contributed by atoms with Crippen molar-refractivity contribution in [1.29, 1.82) is 0 Å². The molecule has 0 fully saturated rings. The molecule has 0 radical (unpaired) electrons. The molecule has 0 saturated heterocycles. The van der Waals surface area contributed by atoms with E-state index in [-0.39, 0.29) is 23.7 Å². The van der Waals surface area contributed by atoms with Gasteiger partial charge in [0.05, 0.1) is 11.8 Å². The molecule has 114 valence electrons. The molecule has 2 heterocycles. The predicted octanol–water partition coefficient (Wildman–Crippen LogP) is 3.90. The van der Waals surface area contributed by atoms with Gasteiger partial charge in [-0.2, -0.15) is 4.98 Å². The van der Waals surface area contributed by atoms with Crippen LogP contribution in [0.1, 0.15) is 19.1 Å². The number of rotatable bonds is 6. The van der Waals surface area contributed by atoms with Gasteiger partial charge in [-0.05, 0) is 37.6 Å². The highest BCUT2D eigenvalue weighted by molar-refractivity contribution is 5.56. The Hall–Kier alpha value is -2.63. The number of nitrogens with one attached hydrogen (secondary N) is 1. The molecule has 0 aliphatic rings. The Morgan fingerprint density at radius 2 is 2.09 bits per heavy atom. The number of halogens is 1. The standard InChI is InChI=1S/C16H16FN3O2/c1-11(8-9-12-5-4-10-21-12)18-16-19-15(20-22-16)13-6-2-3-7-14(13)17/h2-7,10-11H,8-9H2,1H3,(H,18,19,20)/t11-/m1/s1. The molecule has 0 unspecified atom stereocenters. The van der Waals surface area contributed by atoms with Gasteiger partial charge >= 0.3 is 6.01 Å². The van der Waals surface area contributed by atoms with Gasteiger partial charge in [0.15, 0.2) is 0 Å². The van der Waals surface area contributed by atoms with Crippen LogP contribution in [-0.4, -0.2) is 16.2 Å². The lowest BCUT2D eigenvalue weighted by molar-refractivity contribution is 0.425. The van der Waals surface area contributed by atoms with Crippen LogP contribution < -0.4 is 5.32 Å². The Morgan fingerprint density at radius 1 is 1.23 bits per heavy atom. The smallest absolute Gasteiger partial charge is 0.322 e. The third-order valence-corrected chi connectivity index (χ3v) is 3.31. The zero-order valence-corrected chi connectivity index (χ0v) is 12.1. The van der Waals surface area contributed by atoms with E-state index < -0.39 is 0 Å². The van der Waals surface area contributed by atoms with Crippen molar-refractivity contribution in [2.24, 2.45) is 0 Å². The highest BCUT2D eigenvalue weighted by atomic mass is 19.1. The lowest BCUT2D eigenvalue weighted by atomic mass is 10.1. The van der Waals surface area contributed by atoms with Gasteiger partial charge in [0.2, 0.25) is 5.82 Å². The maximum atomic E-state index is 13.7. The summed E-state index contributed by atoms with van der Waals surface area (Å²) in [4.78, 5) is 4.17. The summed E-state index contributed by atoms with van der Waals surface area (Å²) in [6.45, 7) is 2.01. The molecular formula is C16H16FN3O2. The van der Waals surface area contributed by atoms with E-state index in [0.29, 0.717) is 5.56 Å². The highest BCUT2D eigenvalue weighted by Crippen LogP contribution is 2.21. The molecule has 0 spiro atoms. The van der Waals surface area contributed by atoms with Crippen molar-refractivity contribution in [3.05, 3.63) is 54.2 Å². The van der Waals surface area contributed by atoms with Crippen LogP contribution in [0, 0.1) is 5.82 Å². The summed E-state index contributed by atoms with van der Waals surface area (Å²) >= 11 is 0. The second-order valence-electron chi connectivity index (χ2n) is 5.07. The number of aromatic nitrogens is 2. The van der Waals surface area contributed by atoms with E-state index in [0.717, 1.165) is 18.6 Å². The van der Waals surface area contributed by atoms with Gasteiger partial charge in [-0.3, -0.25) is 0 Å². The maximum Gasteiger partial charge on any atom is 0.322 e. The first-order valence-corrected chi connectivity index (χ1v) is 7.10. The second-order valence-corrected chi connectivity index (χ2v) is 5.07. The molecular weight excluding hydrogens is 285 g/mol. The fraction of sp³-hybridized carbons (Fsp3) is 0.250. The summed E-state index contributed by atoms with van der Waals surface area (Å²) < 4.78 is 24.1. The first-order valence-electron chi connectivity index (χ1n) is 7.10. The second kappa shape index (κ2) is 6.43. The van der Waals surface area contributed by atoms with E-state index in [4.69, 9.17) is 8.94 Å². The van der Waals surface area contributed by atoms with Gasteiger partial charge in [0, 0.05) is 12.5 Å². The van der Waals surface area contributed by atoms with E-state index in [2.05, 4.69) is 15.5 Å². The maximum absolute atomic E-state index is 13.7. The molecule has 5 nitrogen and oxygen atoms in total. The normalized spacial score (nSPS) is 12.3. The number of hydrogen-bond acceptors (Lipinski definition) is 5. The van der Waals surface area contributed by atoms with E-state index in [9.17, 15) is 4.39 Å². The number of hydrogen-bond donors (Lipinski definition) is 1. The fourth-order valence-electron chi connectivity index (χ4n) is 2.13. The van der Waals surface area contributed by atoms with E-state index in [1.165, 1.54) is 6.07 Å². The Labute approximate surface area is 127 Å². The van der Waals surface area contributed by atoms with Gasteiger partial charge in [-0.1, -0.05) is 17.3 Å². The third kappa shape index (κ3) is 3.33. The van der Waals surface area contributed by atoms with Crippen molar-refractivity contribution in [3.8, 4) is 11.4 Å². The molecule has 6 heteroatoms. The van der Waals surface area contributed by atoms with Crippen LogP contribution in [0.5, 0.6) is 0 Å². The number of benzene rings is 1. The van der Waals surface area contributed by atoms with Crippen LogP contribution in [0.15, 0.2) is 51.6 Å². The summed E-state index contributed by atoms with van der Waals surface area (Å²) in [6, 6.07) is 10.5. The number of furan rings is 1. The molecule has 1 aromatic carbocycles. The summed E-state index contributed by atoms with van der Waals surface area (Å²) in [5.41, 5.74) is 0.322. The topological polar surface area (TPSA) is 64.1 Å². The predicted molar refractivity (Wildman–Crippen MR) is 79.8 cm³/mol. The van der Waals surface area contributed by atoms with E-state index in [1.54, 1.807) is 24.5 Å². The largest absolute Gasteiger partial charge is 0.469 e. The molecule has 0 aliphatic heterocycles. The molecule has 0 bridgehead atoms. The van der Waals surface area contributed by atoms with Crippen molar-refractivity contribution in [2.75, 3.05) is 5.32 Å². The van der Waals surface area contributed by atoms with E-state index >= 15 is 0 Å². The van der Waals surface area contributed by atoms with Crippen molar-refractivity contribution >= 4 is 6.01 Å². The average Bonchev–Trinajstić information content (AvgIpc) is 3.17. The number of anilines is 1. The average molecular weight is 301 g/mol. The van der Waals surface area contributed by atoms with Crippen LogP contribution in [0.3, 0.4) is 0 Å². The van der Waals surface area contributed by atoms with Gasteiger partial charge in [-0.15, -0.1) is 0 Å². The van der Waals surface area contributed by atoms with Gasteiger partial charge in [0.1, 0.15) is 11.6 Å². The zero-order chi connectivity index (χ0) is 15.4. The molecule has 1 atom stereocenters. The fourth-order valence-corrected chi connectivity index (χ4v) is 2.13. The van der Waals surface area contributed by atoms with Crippen molar-refractivity contribution in [3.63, 3.8) is 0 Å². The van der Waals surface area contributed by atoms with Crippen molar-refractivity contribution in [1.82, 2.24) is 10.1 Å². The summed E-state index contributed by atoms with van der Waals surface area (Å²) in [5, 5.41) is 6.91. The van der Waals surface area contributed by atoms with Crippen molar-refractivity contribution in [2.45, 2.75) is 25.8 Å². The molecule has 3 aromatic rings. The molecule has 1 N–H and O–H groups in total. The van der Waals surface area contributed by atoms with Gasteiger partial charge < -0.3 is 14.3 Å². The third-order valence-electron chi connectivity index (χ3n) is 3.31. The van der Waals surface area contributed by atoms with Crippen LogP contribution in [0.2, 0.25) is 0 Å². The monoisotopic (exact) mass is 301 g/mol. The summed E-state index contributed by atoms with van der Waals surface area (Å²) in [5.74, 6) is 0.797. The number of aryl methyl sites for hydroxylation is 1. The van der Waals surface area contributed by atoms with Crippen LogP contribution >= 0.6 is 0 Å². The lowest BCUT2D eigenvalue weighted by Crippen LogP contribution is -2.16. The Bertz CT molecular complexity index is 725. The molecule has 22 heavy (non-hydrogen) atoms. The van der Waals surface area contributed by atoms with E-state index in [1.807, 2.05) is 19.1 Å². The van der Waals surface area contributed by atoms with Crippen LogP contribution in [-0.2, 0) is 6.42 Å². The van der Waals surface area contributed by atoms with Crippen molar-refractivity contribution < 1.29 is 13.3 Å². The molecule has 0 aliphatic carbocycles. The molecule has 0 amide bonds. The minimum atomic E-state index is -0.374. The highest BCUT2D eigenvalue weighted by Gasteiger charge is 2.13. The summed E-state index contributed by atoms with van der Waals surface area (Å²) in [7, 11) is 0. The lowest BCUT2D eigenvalue weighted by Gasteiger charge is -2.09. The SMILES string of the molecule is C[C@H](CCc1ccco1)Nc1nc(-c2ccccc2F)no1. The molecule has 2 aromatic heterocycles. The number of nitrogens with zero attached hydrogens (tertiary/aromatic N) is 2. The van der Waals surface area contributed by atoms with Crippen LogP contribution in [0.25, 0.3) is 11.4 Å². The minimum absolute atomic E-state index is 0.124. The minimum Gasteiger partial charge on any atom is -0.469 e. The molecule has 0 saturated carbocycles. The Kier molecular flexibility index (Phi) is 4.18. The van der Waals surface area contributed by atoms with Crippen LogP contribution in [0.4, 0.5) is 10.4 Å². The van der Waals surface area contributed by atoms with Gasteiger partial charge in [-0.25, -0.2) is 4.39 Å². The first-order chi connectivity index (χ1) is 10.7. The Morgan fingerprint density at radius 3 is 2.86 bits per heavy atom. The quantitative estimate of drug-likeness (QED) is 0.748. The molecule has 3 rings (SSSR count). The first kappa shape index (κ1) is 14.3. The Balaban J connectivity index is 1.60.